The average molecular weight is 381 g/mol. The zero-order valence-corrected chi connectivity index (χ0v) is 16.4. The standard InChI is InChI=1S/C21H27N5O2/c1-27-18-6-2-4-15-12-17(28-20(15)18)14-25-10-3-5-16(13-25)21-24-23-19-7-8-22-9-11-26(19)21/h2,4,6,12,16,22H,3,5,7-11,13-14H2,1H3. The van der Waals surface area contributed by atoms with Crippen LogP contribution in [-0.4, -0.2) is 53.0 Å². The van der Waals surface area contributed by atoms with E-state index in [0.29, 0.717) is 5.92 Å². The lowest BCUT2D eigenvalue weighted by atomic mass is 9.97. The Bertz CT molecular complexity index is 963. The first-order valence-corrected chi connectivity index (χ1v) is 10.2. The highest BCUT2D eigenvalue weighted by atomic mass is 16.5. The van der Waals surface area contributed by atoms with Gasteiger partial charge in [0.2, 0.25) is 0 Å². The molecule has 0 aliphatic carbocycles. The van der Waals surface area contributed by atoms with Gasteiger partial charge < -0.3 is 19.0 Å². The number of piperidine rings is 1. The number of methoxy groups -OCH3 is 1. The van der Waals surface area contributed by atoms with E-state index in [1.54, 1.807) is 7.11 Å². The molecule has 1 aromatic carbocycles. The third-order valence-corrected chi connectivity index (χ3v) is 5.92. The number of aromatic nitrogens is 3. The fraction of sp³-hybridized carbons (Fsp3) is 0.524. The third kappa shape index (κ3) is 3.29. The molecule has 148 valence electrons. The summed E-state index contributed by atoms with van der Waals surface area (Å²) in [6.45, 7) is 5.86. The monoisotopic (exact) mass is 381 g/mol. The highest BCUT2D eigenvalue weighted by molar-refractivity contribution is 5.83. The van der Waals surface area contributed by atoms with Crippen LogP contribution in [0.1, 0.15) is 36.2 Å². The third-order valence-electron chi connectivity index (χ3n) is 5.92. The Balaban J connectivity index is 1.33. The first-order chi connectivity index (χ1) is 13.8. The van der Waals surface area contributed by atoms with Gasteiger partial charge in [-0.1, -0.05) is 12.1 Å². The Hall–Kier alpha value is -2.38. The van der Waals surface area contributed by atoms with Crippen LogP contribution < -0.4 is 10.1 Å². The van der Waals surface area contributed by atoms with Gasteiger partial charge in [0, 0.05) is 43.9 Å². The molecule has 1 atom stereocenters. The van der Waals surface area contributed by atoms with Gasteiger partial charge >= 0.3 is 0 Å². The summed E-state index contributed by atoms with van der Waals surface area (Å²) in [5.41, 5.74) is 0.837. The zero-order valence-electron chi connectivity index (χ0n) is 16.4. The Morgan fingerprint density at radius 3 is 3.14 bits per heavy atom. The van der Waals surface area contributed by atoms with Crippen LogP contribution in [0.2, 0.25) is 0 Å². The van der Waals surface area contributed by atoms with Crippen molar-refractivity contribution in [2.24, 2.45) is 0 Å². The van der Waals surface area contributed by atoms with Crippen molar-refractivity contribution in [2.75, 3.05) is 33.3 Å². The van der Waals surface area contributed by atoms with Crippen molar-refractivity contribution in [1.29, 1.82) is 0 Å². The molecule has 0 spiro atoms. The minimum absolute atomic E-state index is 0.437. The number of para-hydroxylation sites is 1. The molecule has 2 aliphatic rings. The molecular formula is C21H27N5O2. The molecule has 1 fully saturated rings. The van der Waals surface area contributed by atoms with E-state index in [1.807, 2.05) is 12.1 Å². The molecule has 1 saturated heterocycles. The number of furan rings is 1. The maximum absolute atomic E-state index is 6.12. The Morgan fingerprint density at radius 2 is 2.21 bits per heavy atom. The number of hydrogen-bond donors (Lipinski definition) is 1. The van der Waals surface area contributed by atoms with E-state index in [-0.39, 0.29) is 0 Å². The predicted octanol–water partition coefficient (Wildman–Crippen LogP) is 2.56. The first kappa shape index (κ1) is 17.7. The Morgan fingerprint density at radius 1 is 1.25 bits per heavy atom. The van der Waals surface area contributed by atoms with Gasteiger partial charge in [-0.05, 0) is 31.5 Å². The summed E-state index contributed by atoms with van der Waals surface area (Å²) < 4.78 is 13.9. The van der Waals surface area contributed by atoms with Crippen molar-refractivity contribution in [2.45, 2.75) is 38.3 Å². The second-order valence-electron chi connectivity index (χ2n) is 7.79. The van der Waals surface area contributed by atoms with E-state index in [0.717, 1.165) is 79.8 Å². The van der Waals surface area contributed by atoms with Gasteiger partial charge in [-0.2, -0.15) is 0 Å². The van der Waals surface area contributed by atoms with Crippen LogP contribution in [0.15, 0.2) is 28.7 Å². The molecule has 28 heavy (non-hydrogen) atoms. The molecule has 0 bridgehead atoms. The van der Waals surface area contributed by atoms with E-state index in [1.165, 1.54) is 12.8 Å². The topological polar surface area (TPSA) is 68.3 Å². The molecule has 1 unspecified atom stereocenters. The number of hydrogen-bond acceptors (Lipinski definition) is 6. The summed E-state index contributed by atoms with van der Waals surface area (Å²) in [6.07, 6.45) is 3.31. The summed E-state index contributed by atoms with van der Waals surface area (Å²) in [5, 5.41) is 13.6. The number of ether oxygens (including phenoxy) is 1. The van der Waals surface area contributed by atoms with Gasteiger partial charge in [0.25, 0.3) is 0 Å². The number of likely N-dealkylation sites (tertiary alicyclic amines) is 1. The van der Waals surface area contributed by atoms with E-state index >= 15 is 0 Å². The second-order valence-corrected chi connectivity index (χ2v) is 7.79. The summed E-state index contributed by atoms with van der Waals surface area (Å²) in [5.74, 6) is 4.51. The van der Waals surface area contributed by atoms with Crippen LogP contribution in [0.5, 0.6) is 5.75 Å². The first-order valence-electron chi connectivity index (χ1n) is 10.2. The van der Waals surface area contributed by atoms with Crippen molar-refractivity contribution in [3.63, 3.8) is 0 Å². The van der Waals surface area contributed by atoms with Crippen LogP contribution in [0, 0.1) is 0 Å². The number of benzene rings is 1. The maximum atomic E-state index is 6.12. The SMILES string of the molecule is COc1cccc2cc(CN3CCCC(c4nnc5n4CCNCC5)C3)oc12. The van der Waals surface area contributed by atoms with Crippen LogP contribution >= 0.6 is 0 Å². The lowest BCUT2D eigenvalue weighted by molar-refractivity contribution is 0.183. The number of nitrogens with zero attached hydrogens (tertiary/aromatic N) is 4. The average Bonchev–Trinajstić information content (AvgIpc) is 3.24. The summed E-state index contributed by atoms with van der Waals surface area (Å²) in [7, 11) is 1.68. The van der Waals surface area contributed by atoms with Gasteiger partial charge in [0.05, 0.1) is 13.7 Å². The highest BCUT2D eigenvalue weighted by Crippen LogP contribution is 2.31. The normalized spacial score (nSPS) is 20.8. The van der Waals surface area contributed by atoms with Crippen molar-refractivity contribution in [3.05, 3.63) is 41.7 Å². The van der Waals surface area contributed by atoms with E-state index in [9.17, 15) is 0 Å². The number of nitrogens with one attached hydrogen (secondary N) is 1. The van der Waals surface area contributed by atoms with Gasteiger partial charge in [-0.3, -0.25) is 4.90 Å². The molecular weight excluding hydrogens is 354 g/mol. The van der Waals surface area contributed by atoms with Crippen LogP contribution in [0.4, 0.5) is 0 Å². The fourth-order valence-electron chi connectivity index (χ4n) is 4.55. The quantitative estimate of drug-likeness (QED) is 0.749. The van der Waals surface area contributed by atoms with E-state index in [4.69, 9.17) is 9.15 Å². The zero-order chi connectivity index (χ0) is 18.9. The molecule has 2 aromatic heterocycles. The van der Waals surface area contributed by atoms with E-state index in [2.05, 4.69) is 37.1 Å². The summed E-state index contributed by atoms with van der Waals surface area (Å²) >= 11 is 0. The van der Waals surface area contributed by atoms with Crippen molar-refractivity contribution < 1.29 is 9.15 Å². The minimum atomic E-state index is 0.437. The van der Waals surface area contributed by atoms with Crippen LogP contribution in [0.25, 0.3) is 11.0 Å². The van der Waals surface area contributed by atoms with Gasteiger partial charge in [0.15, 0.2) is 11.3 Å². The molecule has 1 N–H and O–H groups in total. The number of rotatable bonds is 4. The summed E-state index contributed by atoms with van der Waals surface area (Å²) in [6, 6.07) is 8.15. The van der Waals surface area contributed by atoms with E-state index < -0.39 is 0 Å². The minimum Gasteiger partial charge on any atom is -0.493 e. The molecule has 0 saturated carbocycles. The smallest absolute Gasteiger partial charge is 0.176 e. The van der Waals surface area contributed by atoms with Crippen molar-refractivity contribution in [1.82, 2.24) is 25.0 Å². The number of fused-ring (bicyclic) bond motifs is 2. The highest BCUT2D eigenvalue weighted by Gasteiger charge is 2.28. The lowest BCUT2D eigenvalue weighted by Gasteiger charge is -2.31. The predicted molar refractivity (Wildman–Crippen MR) is 107 cm³/mol. The lowest BCUT2D eigenvalue weighted by Crippen LogP contribution is -2.35. The molecule has 4 heterocycles. The van der Waals surface area contributed by atoms with Gasteiger partial charge in [-0.15, -0.1) is 10.2 Å². The van der Waals surface area contributed by atoms with Gasteiger partial charge in [0.1, 0.15) is 17.4 Å². The van der Waals surface area contributed by atoms with Crippen LogP contribution in [0.3, 0.4) is 0 Å². The molecule has 2 aliphatic heterocycles. The van der Waals surface area contributed by atoms with Crippen LogP contribution in [-0.2, 0) is 19.5 Å². The van der Waals surface area contributed by atoms with Crippen molar-refractivity contribution >= 4 is 11.0 Å². The molecule has 5 rings (SSSR count). The second kappa shape index (κ2) is 7.56. The molecule has 7 nitrogen and oxygen atoms in total. The molecule has 0 amide bonds. The maximum Gasteiger partial charge on any atom is 0.176 e. The summed E-state index contributed by atoms with van der Waals surface area (Å²) in [4.78, 5) is 2.48. The molecule has 3 aromatic rings. The largest absolute Gasteiger partial charge is 0.493 e. The van der Waals surface area contributed by atoms with Crippen molar-refractivity contribution in [3.8, 4) is 5.75 Å². The Labute approximate surface area is 164 Å². The Kier molecular flexibility index (Phi) is 4.78. The molecule has 7 heteroatoms. The fourth-order valence-corrected chi connectivity index (χ4v) is 4.55. The van der Waals surface area contributed by atoms with Gasteiger partial charge in [-0.25, -0.2) is 0 Å². The molecule has 0 radical (unpaired) electrons.